The Kier molecular flexibility index (Phi) is 57.5. The van der Waals surface area contributed by atoms with Gasteiger partial charge in [-0.05, 0) is 44.9 Å². The molecule has 0 heterocycles. The van der Waals surface area contributed by atoms with Crippen LogP contribution in [0.1, 0.15) is 328 Å². The quantitative estimate of drug-likeness (QED) is 0.0264. The van der Waals surface area contributed by atoms with Crippen molar-refractivity contribution in [1.82, 2.24) is 0 Å². The van der Waals surface area contributed by atoms with Gasteiger partial charge < -0.3 is 20.1 Å². The highest BCUT2D eigenvalue weighted by Gasteiger charge is 2.26. The summed E-state index contributed by atoms with van der Waals surface area (Å²) in [5.41, 5.74) is 5.39. The molecule has 0 saturated carbocycles. The highest BCUT2D eigenvalue weighted by molar-refractivity contribution is 7.47. The van der Waals surface area contributed by atoms with Crippen LogP contribution in [0.4, 0.5) is 0 Å². The van der Waals surface area contributed by atoms with Crippen molar-refractivity contribution in [1.29, 1.82) is 0 Å². The molecule has 2 unspecified atom stereocenters. The minimum absolute atomic E-state index is 0.0549. The maximum absolute atomic E-state index is 12.7. The molecule has 426 valence electrons. The highest BCUT2D eigenvalue weighted by atomic mass is 31.2. The van der Waals surface area contributed by atoms with Crippen LogP contribution >= 0.6 is 7.82 Å². The normalized spacial score (nSPS) is 13.1. The molecule has 0 aromatic carbocycles. The van der Waals surface area contributed by atoms with Gasteiger partial charge in [0.05, 0.1) is 13.2 Å². The van der Waals surface area contributed by atoms with E-state index in [1.54, 1.807) is 0 Å². The number of nitrogens with two attached hydrogens (primary N) is 1. The number of ether oxygens (including phenoxy) is 2. The predicted octanol–water partition coefficient (Wildman–Crippen LogP) is 19.8. The van der Waals surface area contributed by atoms with Crippen LogP contribution < -0.4 is 5.73 Å². The van der Waals surface area contributed by atoms with Gasteiger partial charge in [-0.25, -0.2) is 4.57 Å². The molecule has 0 bridgehead atoms. The lowest BCUT2D eigenvalue weighted by atomic mass is 10.0. The number of allylic oxidation sites excluding steroid dienone is 4. The molecule has 0 aromatic rings. The summed E-state index contributed by atoms with van der Waals surface area (Å²) in [6, 6.07) is 0. The zero-order chi connectivity index (χ0) is 52.4. The Morgan fingerprint density at radius 2 is 0.722 bits per heavy atom. The second kappa shape index (κ2) is 58.7. The first-order chi connectivity index (χ1) is 35.3. The number of unbranched alkanes of at least 4 members (excludes halogenated alkanes) is 43. The smallest absolute Gasteiger partial charge is 0.462 e. The van der Waals surface area contributed by atoms with Gasteiger partial charge in [0, 0.05) is 19.4 Å². The van der Waals surface area contributed by atoms with Crippen molar-refractivity contribution in [3.8, 4) is 0 Å². The predicted molar refractivity (Wildman–Crippen MR) is 307 cm³/mol. The molecule has 72 heavy (non-hydrogen) atoms. The molecule has 0 aliphatic heterocycles. The summed E-state index contributed by atoms with van der Waals surface area (Å²) < 4.78 is 33.1. The number of carbonyl (C=O) groups is 2. The number of hydrogen-bond acceptors (Lipinski definition) is 8. The van der Waals surface area contributed by atoms with Crippen LogP contribution in [0, 0.1) is 0 Å². The lowest BCUT2D eigenvalue weighted by molar-refractivity contribution is -0.161. The van der Waals surface area contributed by atoms with Gasteiger partial charge in [0.1, 0.15) is 6.61 Å². The second-order valence-corrected chi connectivity index (χ2v) is 22.7. The van der Waals surface area contributed by atoms with Gasteiger partial charge in [-0.1, -0.05) is 295 Å². The highest BCUT2D eigenvalue weighted by Crippen LogP contribution is 2.43. The average Bonchev–Trinajstić information content (AvgIpc) is 3.37. The van der Waals surface area contributed by atoms with E-state index in [4.69, 9.17) is 24.3 Å². The number of phosphoric ester groups is 1. The first-order valence-electron chi connectivity index (χ1n) is 31.3. The largest absolute Gasteiger partial charge is 0.472 e. The van der Waals surface area contributed by atoms with Gasteiger partial charge in [0.2, 0.25) is 0 Å². The van der Waals surface area contributed by atoms with Crippen molar-refractivity contribution in [2.75, 3.05) is 26.4 Å². The van der Waals surface area contributed by atoms with E-state index < -0.39 is 26.5 Å². The van der Waals surface area contributed by atoms with Crippen LogP contribution in [-0.4, -0.2) is 49.3 Å². The van der Waals surface area contributed by atoms with E-state index in [9.17, 15) is 19.0 Å². The molecule has 0 aromatic heterocycles. The Labute approximate surface area is 446 Å². The average molecular weight is 1040 g/mol. The number of rotatable bonds is 60. The summed E-state index contributed by atoms with van der Waals surface area (Å²) in [7, 11) is -4.39. The summed E-state index contributed by atoms with van der Waals surface area (Å²) in [4.78, 5) is 35.2. The van der Waals surface area contributed by atoms with Crippen molar-refractivity contribution < 1.29 is 37.6 Å². The monoisotopic (exact) mass is 1040 g/mol. The van der Waals surface area contributed by atoms with Crippen molar-refractivity contribution in [3.05, 3.63) is 24.3 Å². The Morgan fingerprint density at radius 3 is 1.06 bits per heavy atom. The number of phosphoric acid groups is 1. The minimum Gasteiger partial charge on any atom is -0.462 e. The Bertz CT molecular complexity index is 1230. The second-order valence-electron chi connectivity index (χ2n) is 21.3. The third-order valence-electron chi connectivity index (χ3n) is 14.1. The molecule has 0 aliphatic rings. The Balaban J connectivity index is 3.86. The number of hydrogen-bond donors (Lipinski definition) is 2. The van der Waals surface area contributed by atoms with Crippen LogP contribution in [0.3, 0.4) is 0 Å². The minimum atomic E-state index is -4.39. The van der Waals surface area contributed by atoms with Gasteiger partial charge in [0.25, 0.3) is 0 Å². The van der Waals surface area contributed by atoms with E-state index in [0.717, 1.165) is 51.4 Å². The zero-order valence-corrected chi connectivity index (χ0v) is 48.6. The van der Waals surface area contributed by atoms with E-state index in [0.29, 0.717) is 6.42 Å². The zero-order valence-electron chi connectivity index (χ0n) is 47.7. The maximum Gasteiger partial charge on any atom is 0.472 e. The topological polar surface area (TPSA) is 134 Å². The molecule has 0 rings (SSSR count). The maximum atomic E-state index is 12.7. The fourth-order valence-electron chi connectivity index (χ4n) is 9.44. The third kappa shape index (κ3) is 57.8. The first kappa shape index (κ1) is 70.5. The standard InChI is InChI=1S/C62H120NO8P/c1-3-5-7-9-11-13-15-17-19-21-23-25-26-27-28-29-30-31-32-33-35-36-38-40-42-44-46-48-50-52-54-61(64)68-58-60(59-70-72(66,67)69-57-56-63)71-62(65)55-53-51-49-47-45-43-41-39-37-34-24-22-20-18-16-14-12-10-8-6-4-2/h16,18,22,24,60H,3-15,17,19-21,23,25-59,63H2,1-2H3,(H,66,67)/b18-16-,24-22-. The first-order valence-corrected chi connectivity index (χ1v) is 32.8. The van der Waals surface area contributed by atoms with Crippen LogP contribution in [-0.2, 0) is 32.7 Å². The Morgan fingerprint density at radius 1 is 0.417 bits per heavy atom. The van der Waals surface area contributed by atoms with Crippen molar-refractivity contribution in [2.45, 2.75) is 335 Å². The van der Waals surface area contributed by atoms with Crippen LogP contribution in [0.5, 0.6) is 0 Å². The number of carbonyl (C=O) groups excluding carboxylic acids is 2. The van der Waals surface area contributed by atoms with Gasteiger partial charge in [-0.15, -0.1) is 0 Å². The van der Waals surface area contributed by atoms with E-state index in [2.05, 4.69) is 38.2 Å². The molecule has 0 aliphatic carbocycles. The molecule has 0 saturated heterocycles. The lowest BCUT2D eigenvalue weighted by Gasteiger charge is -2.19. The van der Waals surface area contributed by atoms with Gasteiger partial charge in [-0.3, -0.25) is 18.6 Å². The van der Waals surface area contributed by atoms with E-state index >= 15 is 0 Å². The van der Waals surface area contributed by atoms with E-state index in [-0.39, 0.29) is 38.6 Å². The summed E-state index contributed by atoms with van der Waals surface area (Å²) >= 11 is 0. The van der Waals surface area contributed by atoms with Gasteiger partial charge >= 0.3 is 19.8 Å². The summed E-state index contributed by atoms with van der Waals surface area (Å²) in [6.45, 7) is 3.79. The van der Waals surface area contributed by atoms with E-state index in [1.807, 2.05) is 0 Å². The molecule has 10 heteroatoms. The van der Waals surface area contributed by atoms with E-state index in [1.165, 1.54) is 244 Å². The van der Waals surface area contributed by atoms with Gasteiger partial charge in [-0.2, -0.15) is 0 Å². The molecule has 0 fully saturated rings. The fourth-order valence-corrected chi connectivity index (χ4v) is 10.2. The molecule has 0 amide bonds. The number of esters is 2. The molecule has 0 radical (unpaired) electrons. The van der Waals surface area contributed by atoms with Crippen molar-refractivity contribution in [2.24, 2.45) is 5.73 Å². The summed E-state index contributed by atoms with van der Waals surface area (Å²) in [6.07, 6.45) is 69.7. The molecule has 0 spiro atoms. The summed E-state index contributed by atoms with van der Waals surface area (Å²) in [5.74, 6) is -0.814. The molecule has 2 atom stereocenters. The molecular weight excluding hydrogens is 918 g/mol. The molecular formula is C62H120NO8P. The SMILES string of the molecule is CCCCCCC/C=C\C/C=C\CCCCCCCCCCCC(=O)OC(COC(=O)CCCCCCCCCCCCCCCCCCCCCCCCCCCCCCCC)COP(=O)(O)OCCN. The van der Waals surface area contributed by atoms with Crippen molar-refractivity contribution >= 4 is 19.8 Å². The van der Waals surface area contributed by atoms with Crippen LogP contribution in [0.25, 0.3) is 0 Å². The molecule has 9 nitrogen and oxygen atoms in total. The van der Waals surface area contributed by atoms with Gasteiger partial charge in [0.15, 0.2) is 6.10 Å². The summed E-state index contributed by atoms with van der Waals surface area (Å²) in [5, 5.41) is 0. The van der Waals surface area contributed by atoms with Crippen molar-refractivity contribution in [3.63, 3.8) is 0 Å². The van der Waals surface area contributed by atoms with Crippen LogP contribution in [0.2, 0.25) is 0 Å². The lowest BCUT2D eigenvalue weighted by Crippen LogP contribution is -2.29. The molecule has 3 N–H and O–H groups in total. The fraction of sp³-hybridized carbons (Fsp3) is 0.903. The third-order valence-corrected chi connectivity index (χ3v) is 15.1. The van der Waals surface area contributed by atoms with Crippen LogP contribution in [0.15, 0.2) is 24.3 Å². The Hall–Kier alpha value is -1.51.